The van der Waals surface area contributed by atoms with Crippen LogP contribution in [0.1, 0.15) is 0 Å². The van der Waals surface area contributed by atoms with Crippen molar-refractivity contribution in [3.05, 3.63) is 158 Å². The summed E-state index contributed by atoms with van der Waals surface area (Å²) in [7, 11) is 0. The molecule has 0 aliphatic carbocycles. The molecule has 0 bridgehead atoms. The van der Waals surface area contributed by atoms with Crippen LogP contribution >= 0.6 is 0 Å². The van der Waals surface area contributed by atoms with Gasteiger partial charge in [0.2, 0.25) is 0 Å². The summed E-state index contributed by atoms with van der Waals surface area (Å²) in [6.07, 6.45) is 0. The van der Waals surface area contributed by atoms with Gasteiger partial charge in [0.1, 0.15) is 28.0 Å². The summed E-state index contributed by atoms with van der Waals surface area (Å²) >= 11 is 0. The quantitative estimate of drug-likeness (QED) is 0.198. The summed E-state index contributed by atoms with van der Waals surface area (Å²) in [6.45, 7) is 0. The largest absolute Gasteiger partial charge is 0.455 e. The van der Waals surface area contributed by atoms with E-state index in [1.807, 2.05) is 36.4 Å². The average Bonchev–Trinajstić information content (AvgIpc) is 3.73. The fourth-order valence-electron chi connectivity index (χ4n) is 7.00. The molecule has 10 aromatic rings. The number of para-hydroxylation sites is 2. The van der Waals surface area contributed by atoms with Gasteiger partial charge in [-0.15, -0.1) is 0 Å². The van der Waals surface area contributed by atoms with Crippen LogP contribution in [-0.2, 0) is 0 Å². The summed E-state index contributed by atoms with van der Waals surface area (Å²) in [4.78, 5) is 10.4. The number of hydrogen-bond acceptors (Lipinski definition) is 4. The maximum Gasteiger partial charge on any atom is 0.180 e. The number of benzene rings is 7. The molecule has 10 rings (SSSR count). The Bertz CT molecular complexity index is 2850. The lowest BCUT2D eigenvalue weighted by Gasteiger charge is -2.09. The third kappa shape index (κ3) is 4.16. The smallest absolute Gasteiger partial charge is 0.180 e. The van der Waals surface area contributed by atoms with Gasteiger partial charge in [-0.3, -0.25) is 0 Å². The number of nitrogens with zero attached hydrogens (tertiary/aromatic N) is 2. The topological polar surface area (TPSA) is 52.1 Å². The van der Waals surface area contributed by atoms with Crippen molar-refractivity contribution in [2.45, 2.75) is 0 Å². The van der Waals surface area contributed by atoms with Gasteiger partial charge in [-0.2, -0.15) is 0 Å². The summed E-state index contributed by atoms with van der Waals surface area (Å²) in [5, 5.41) is 5.31. The van der Waals surface area contributed by atoms with Crippen LogP contribution in [-0.4, -0.2) is 9.97 Å². The molecule has 0 fully saturated rings. The highest BCUT2D eigenvalue weighted by Crippen LogP contribution is 2.43. The van der Waals surface area contributed by atoms with Gasteiger partial charge >= 0.3 is 0 Å². The Morgan fingerprint density at radius 2 is 1.08 bits per heavy atom. The van der Waals surface area contributed by atoms with Crippen molar-refractivity contribution in [3.63, 3.8) is 0 Å². The predicted molar refractivity (Wildman–Crippen MR) is 196 cm³/mol. The van der Waals surface area contributed by atoms with Gasteiger partial charge in [0.15, 0.2) is 11.4 Å². The zero-order valence-electron chi connectivity index (χ0n) is 25.7. The summed E-state index contributed by atoms with van der Waals surface area (Å²) < 4.78 is 13.2. The number of furan rings is 2. The molecule has 7 aromatic carbocycles. The fraction of sp³-hybridized carbons (Fsp3) is 0. The molecule has 0 unspecified atom stereocenters. The molecule has 0 spiro atoms. The zero-order valence-corrected chi connectivity index (χ0v) is 25.7. The van der Waals surface area contributed by atoms with Crippen molar-refractivity contribution in [2.75, 3.05) is 0 Å². The van der Waals surface area contributed by atoms with Crippen LogP contribution in [0.15, 0.2) is 167 Å². The standard InChI is InChI=1S/C44H26N2O2/c1-2-11-27(12-3-1)30-15-8-16-31(25-30)33-18-9-20-36-39-35(19-10-22-38(39)48-42(33)36)41-43-40(34-17-6-7-21-37(34)47-43)45-44(46-41)32-24-23-28-13-4-5-14-29(28)26-32/h1-26H. The maximum absolute atomic E-state index is 6.71. The predicted octanol–water partition coefficient (Wildman–Crippen LogP) is 12.1. The Kier molecular flexibility index (Phi) is 5.84. The lowest BCUT2D eigenvalue weighted by atomic mass is 9.96. The van der Waals surface area contributed by atoms with Crippen molar-refractivity contribution in [3.8, 4) is 44.9 Å². The van der Waals surface area contributed by atoms with E-state index in [1.165, 1.54) is 10.9 Å². The van der Waals surface area contributed by atoms with E-state index in [0.717, 1.165) is 77.3 Å². The number of aromatic nitrogens is 2. The lowest BCUT2D eigenvalue weighted by Crippen LogP contribution is -1.94. The second-order valence-corrected chi connectivity index (χ2v) is 12.1. The zero-order chi connectivity index (χ0) is 31.6. The molecule has 0 amide bonds. The molecule has 0 aliphatic rings. The van der Waals surface area contributed by atoms with E-state index in [2.05, 4.69) is 121 Å². The second-order valence-electron chi connectivity index (χ2n) is 12.1. The minimum atomic E-state index is 0.651. The number of hydrogen-bond donors (Lipinski definition) is 0. The monoisotopic (exact) mass is 614 g/mol. The van der Waals surface area contributed by atoms with Crippen molar-refractivity contribution in [2.24, 2.45) is 0 Å². The first-order valence-electron chi connectivity index (χ1n) is 16.1. The Morgan fingerprint density at radius 1 is 0.396 bits per heavy atom. The van der Waals surface area contributed by atoms with Crippen LogP contribution in [0.5, 0.6) is 0 Å². The first-order chi connectivity index (χ1) is 23.8. The minimum absolute atomic E-state index is 0.651. The molecule has 0 N–H and O–H groups in total. The van der Waals surface area contributed by atoms with Gasteiger partial charge in [-0.25, -0.2) is 9.97 Å². The molecular weight excluding hydrogens is 588 g/mol. The summed E-state index contributed by atoms with van der Waals surface area (Å²) in [5.41, 5.74) is 11.0. The van der Waals surface area contributed by atoms with E-state index in [4.69, 9.17) is 18.8 Å². The van der Waals surface area contributed by atoms with E-state index in [-0.39, 0.29) is 0 Å². The van der Waals surface area contributed by atoms with Crippen molar-refractivity contribution < 1.29 is 8.83 Å². The van der Waals surface area contributed by atoms with E-state index in [0.29, 0.717) is 11.4 Å². The van der Waals surface area contributed by atoms with Crippen molar-refractivity contribution in [1.82, 2.24) is 9.97 Å². The molecule has 0 aliphatic heterocycles. The molecule has 0 radical (unpaired) electrons. The molecule has 224 valence electrons. The highest BCUT2D eigenvalue weighted by molar-refractivity contribution is 6.18. The Morgan fingerprint density at radius 3 is 2.02 bits per heavy atom. The second kappa shape index (κ2) is 10.5. The van der Waals surface area contributed by atoms with Crippen LogP contribution < -0.4 is 0 Å². The van der Waals surface area contributed by atoms with E-state index >= 15 is 0 Å². The van der Waals surface area contributed by atoms with Gasteiger partial charge in [-0.1, -0.05) is 127 Å². The van der Waals surface area contributed by atoms with Gasteiger partial charge in [0.25, 0.3) is 0 Å². The maximum atomic E-state index is 6.71. The molecule has 0 saturated heterocycles. The SMILES string of the molecule is c1ccc(-c2cccc(-c3cccc4c3oc3cccc(-c5nc(-c6ccc7ccccc7c6)nc6c5oc5ccccc56)c34)c2)cc1. The van der Waals surface area contributed by atoms with Gasteiger partial charge in [0, 0.05) is 32.8 Å². The fourth-order valence-corrected chi connectivity index (χ4v) is 7.00. The van der Waals surface area contributed by atoms with Crippen LogP contribution in [0.3, 0.4) is 0 Å². The van der Waals surface area contributed by atoms with Crippen molar-refractivity contribution >= 4 is 54.8 Å². The molecule has 3 heterocycles. The normalized spacial score (nSPS) is 11.8. The highest BCUT2D eigenvalue weighted by Gasteiger charge is 2.22. The molecule has 3 aromatic heterocycles. The van der Waals surface area contributed by atoms with Gasteiger partial charge in [0.05, 0.1) is 0 Å². The van der Waals surface area contributed by atoms with Crippen molar-refractivity contribution in [1.29, 1.82) is 0 Å². The molecule has 4 nitrogen and oxygen atoms in total. The molecular formula is C44H26N2O2. The van der Waals surface area contributed by atoms with Gasteiger partial charge in [-0.05, 0) is 57.8 Å². The lowest BCUT2D eigenvalue weighted by molar-refractivity contribution is 0.667. The highest BCUT2D eigenvalue weighted by atomic mass is 16.3. The van der Waals surface area contributed by atoms with Crippen LogP contribution in [0, 0.1) is 0 Å². The molecule has 0 atom stereocenters. The minimum Gasteiger partial charge on any atom is -0.455 e. The first kappa shape index (κ1) is 26.7. The third-order valence-corrected chi connectivity index (χ3v) is 9.29. The van der Waals surface area contributed by atoms with Crippen LogP contribution in [0.2, 0.25) is 0 Å². The van der Waals surface area contributed by atoms with E-state index in [1.54, 1.807) is 0 Å². The van der Waals surface area contributed by atoms with Crippen LogP contribution in [0.25, 0.3) is 99.7 Å². The van der Waals surface area contributed by atoms with Crippen LogP contribution in [0.4, 0.5) is 0 Å². The van der Waals surface area contributed by atoms with E-state index < -0.39 is 0 Å². The number of rotatable bonds is 4. The Balaban J connectivity index is 1.22. The third-order valence-electron chi connectivity index (χ3n) is 9.29. The van der Waals surface area contributed by atoms with E-state index in [9.17, 15) is 0 Å². The molecule has 4 heteroatoms. The summed E-state index contributed by atoms with van der Waals surface area (Å²) in [6, 6.07) is 54.4. The molecule has 48 heavy (non-hydrogen) atoms. The Hall–Kier alpha value is -6.52. The molecule has 0 saturated carbocycles. The summed E-state index contributed by atoms with van der Waals surface area (Å²) in [5.74, 6) is 0.651. The van der Waals surface area contributed by atoms with Gasteiger partial charge < -0.3 is 8.83 Å². The number of fused-ring (bicyclic) bond motifs is 7. The first-order valence-corrected chi connectivity index (χ1v) is 16.1. The Labute approximate surface area is 275 Å². The average molecular weight is 615 g/mol.